The number of hydrogen-bond acceptors (Lipinski definition) is 2. The molecule has 0 heterocycles. The molecule has 0 spiro atoms. The van der Waals surface area contributed by atoms with E-state index in [1.54, 1.807) is 24.3 Å². The zero-order valence-corrected chi connectivity index (χ0v) is 12.5. The molecule has 0 aliphatic carbocycles. The van der Waals surface area contributed by atoms with E-state index >= 15 is 0 Å². The van der Waals surface area contributed by atoms with Crippen molar-refractivity contribution in [2.24, 2.45) is 0 Å². The number of carbonyl (C=O) groups is 1. The van der Waals surface area contributed by atoms with Gasteiger partial charge in [0, 0.05) is 15.1 Å². The first-order valence-corrected chi connectivity index (χ1v) is 6.77. The molecular weight excluding hydrogens is 328 g/mol. The Morgan fingerprint density at radius 2 is 2.00 bits per heavy atom. The van der Waals surface area contributed by atoms with Crippen LogP contribution in [-0.2, 0) is 0 Å². The maximum Gasteiger partial charge on any atom is 0.256 e. The van der Waals surface area contributed by atoms with Crippen LogP contribution in [0.1, 0.15) is 15.9 Å². The lowest BCUT2D eigenvalue weighted by molar-refractivity contribution is 0.102. The molecule has 0 aliphatic heterocycles. The molecule has 0 bridgehead atoms. The Morgan fingerprint density at radius 3 is 2.68 bits per heavy atom. The number of rotatable bonds is 2. The van der Waals surface area contributed by atoms with Gasteiger partial charge in [0.25, 0.3) is 5.91 Å². The summed E-state index contributed by atoms with van der Waals surface area (Å²) in [6, 6.07) is 10.5. The molecule has 0 saturated heterocycles. The van der Waals surface area contributed by atoms with Crippen molar-refractivity contribution in [2.75, 3.05) is 11.1 Å². The molecule has 0 unspecified atom stereocenters. The number of nitrogens with two attached hydrogens (primary N) is 1. The number of carbonyl (C=O) groups excluding carboxylic acids is 1. The number of benzene rings is 2. The van der Waals surface area contributed by atoms with Crippen molar-refractivity contribution in [2.45, 2.75) is 6.92 Å². The highest BCUT2D eigenvalue weighted by atomic mass is 79.9. The Labute approximate surface area is 124 Å². The average Bonchev–Trinajstić information content (AvgIpc) is 2.35. The number of aryl methyl sites for hydroxylation is 1. The van der Waals surface area contributed by atoms with Gasteiger partial charge in [-0.05, 0) is 42.8 Å². The summed E-state index contributed by atoms with van der Waals surface area (Å²) in [6.07, 6.45) is 0. The number of halogens is 2. The maximum absolute atomic E-state index is 12.2. The van der Waals surface area contributed by atoms with Gasteiger partial charge in [0.15, 0.2) is 0 Å². The number of anilines is 2. The van der Waals surface area contributed by atoms with E-state index in [4.69, 9.17) is 17.3 Å². The van der Waals surface area contributed by atoms with Gasteiger partial charge >= 0.3 is 0 Å². The first-order valence-electron chi connectivity index (χ1n) is 5.60. The van der Waals surface area contributed by atoms with E-state index in [-0.39, 0.29) is 5.91 Å². The van der Waals surface area contributed by atoms with Gasteiger partial charge in [-0.3, -0.25) is 4.79 Å². The fourth-order valence-electron chi connectivity index (χ4n) is 1.68. The first kappa shape index (κ1) is 13.9. The van der Waals surface area contributed by atoms with E-state index < -0.39 is 0 Å². The minimum Gasteiger partial charge on any atom is -0.397 e. The van der Waals surface area contributed by atoms with Gasteiger partial charge in [-0.15, -0.1) is 0 Å². The third-order valence-corrected chi connectivity index (χ3v) is 3.43. The molecule has 5 heteroatoms. The fraction of sp³-hybridized carbons (Fsp3) is 0.0714. The Balaban J connectivity index is 2.28. The number of nitrogens with one attached hydrogen (secondary N) is 1. The van der Waals surface area contributed by atoms with Crippen LogP contribution in [0.4, 0.5) is 11.4 Å². The van der Waals surface area contributed by atoms with Crippen molar-refractivity contribution >= 4 is 44.8 Å². The van der Waals surface area contributed by atoms with Gasteiger partial charge in [-0.25, -0.2) is 0 Å². The summed E-state index contributed by atoms with van der Waals surface area (Å²) in [5.41, 5.74) is 8.29. The van der Waals surface area contributed by atoms with Crippen molar-refractivity contribution in [3.63, 3.8) is 0 Å². The standard InChI is InChI=1S/C14H12BrClN2O/c1-8-2-3-9(15)6-11(8)14(19)18-13-5-4-10(16)7-12(13)17/h2-7H,17H2,1H3,(H,18,19). The highest BCUT2D eigenvalue weighted by molar-refractivity contribution is 9.10. The summed E-state index contributed by atoms with van der Waals surface area (Å²) in [5.74, 6) is -0.201. The van der Waals surface area contributed by atoms with Gasteiger partial charge in [0.05, 0.1) is 11.4 Å². The zero-order valence-electron chi connectivity index (χ0n) is 10.2. The average molecular weight is 340 g/mol. The van der Waals surface area contributed by atoms with Gasteiger partial charge in [-0.2, -0.15) is 0 Å². The quantitative estimate of drug-likeness (QED) is 0.804. The zero-order chi connectivity index (χ0) is 14.0. The van der Waals surface area contributed by atoms with E-state index in [9.17, 15) is 4.79 Å². The summed E-state index contributed by atoms with van der Waals surface area (Å²) in [5, 5.41) is 3.31. The van der Waals surface area contributed by atoms with Crippen LogP contribution >= 0.6 is 27.5 Å². The van der Waals surface area contributed by atoms with E-state index in [2.05, 4.69) is 21.2 Å². The Kier molecular flexibility index (Phi) is 4.12. The fourth-order valence-corrected chi connectivity index (χ4v) is 2.22. The minimum absolute atomic E-state index is 0.201. The van der Waals surface area contributed by atoms with E-state index in [0.29, 0.717) is 22.0 Å². The summed E-state index contributed by atoms with van der Waals surface area (Å²) in [7, 11) is 0. The monoisotopic (exact) mass is 338 g/mol. The first-order chi connectivity index (χ1) is 8.97. The van der Waals surface area contributed by atoms with Gasteiger partial charge in [0.2, 0.25) is 0 Å². The van der Waals surface area contributed by atoms with E-state index in [1.807, 2.05) is 19.1 Å². The van der Waals surface area contributed by atoms with Crippen LogP contribution in [0.3, 0.4) is 0 Å². The topological polar surface area (TPSA) is 55.1 Å². The SMILES string of the molecule is Cc1ccc(Br)cc1C(=O)Nc1ccc(Cl)cc1N. The van der Waals surface area contributed by atoms with Crippen LogP contribution in [-0.4, -0.2) is 5.91 Å². The Morgan fingerprint density at radius 1 is 1.26 bits per heavy atom. The third kappa shape index (κ3) is 3.28. The predicted molar refractivity (Wildman–Crippen MR) is 82.7 cm³/mol. The molecule has 0 fully saturated rings. The molecule has 3 nitrogen and oxygen atoms in total. The molecule has 19 heavy (non-hydrogen) atoms. The molecule has 0 radical (unpaired) electrons. The summed E-state index contributed by atoms with van der Waals surface area (Å²) >= 11 is 9.17. The molecule has 0 aliphatic rings. The molecule has 2 aromatic rings. The molecule has 2 rings (SSSR count). The number of amides is 1. The lowest BCUT2D eigenvalue weighted by Gasteiger charge is -2.10. The van der Waals surface area contributed by atoms with Crippen LogP contribution in [0.15, 0.2) is 40.9 Å². The highest BCUT2D eigenvalue weighted by Gasteiger charge is 2.11. The summed E-state index contributed by atoms with van der Waals surface area (Å²) in [4.78, 5) is 12.2. The van der Waals surface area contributed by atoms with Crippen molar-refractivity contribution in [1.29, 1.82) is 0 Å². The second-order valence-corrected chi connectivity index (χ2v) is 5.50. The summed E-state index contributed by atoms with van der Waals surface area (Å²) < 4.78 is 0.854. The normalized spacial score (nSPS) is 10.3. The maximum atomic E-state index is 12.2. The Hall–Kier alpha value is -1.52. The van der Waals surface area contributed by atoms with Crippen LogP contribution in [0.5, 0.6) is 0 Å². The largest absolute Gasteiger partial charge is 0.397 e. The van der Waals surface area contributed by atoms with Crippen molar-refractivity contribution in [3.05, 3.63) is 57.0 Å². The number of hydrogen-bond donors (Lipinski definition) is 2. The van der Waals surface area contributed by atoms with Gasteiger partial charge in [0.1, 0.15) is 0 Å². The van der Waals surface area contributed by atoms with Crippen molar-refractivity contribution in [1.82, 2.24) is 0 Å². The lowest BCUT2D eigenvalue weighted by atomic mass is 10.1. The van der Waals surface area contributed by atoms with Crippen LogP contribution < -0.4 is 11.1 Å². The molecule has 0 atom stereocenters. The Bertz CT molecular complexity index is 643. The molecule has 1 amide bonds. The third-order valence-electron chi connectivity index (χ3n) is 2.71. The van der Waals surface area contributed by atoms with Gasteiger partial charge < -0.3 is 11.1 Å². The molecule has 0 saturated carbocycles. The van der Waals surface area contributed by atoms with E-state index in [1.165, 1.54) is 0 Å². The van der Waals surface area contributed by atoms with Gasteiger partial charge in [-0.1, -0.05) is 33.6 Å². The van der Waals surface area contributed by atoms with Crippen molar-refractivity contribution < 1.29 is 4.79 Å². The second-order valence-electron chi connectivity index (χ2n) is 4.14. The number of nitrogen functional groups attached to an aromatic ring is 1. The molecule has 2 aromatic carbocycles. The lowest BCUT2D eigenvalue weighted by Crippen LogP contribution is -2.14. The highest BCUT2D eigenvalue weighted by Crippen LogP contribution is 2.24. The van der Waals surface area contributed by atoms with Crippen molar-refractivity contribution in [3.8, 4) is 0 Å². The molecular formula is C14H12BrClN2O. The van der Waals surface area contributed by atoms with Crippen LogP contribution in [0.25, 0.3) is 0 Å². The van der Waals surface area contributed by atoms with Crippen LogP contribution in [0, 0.1) is 6.92 Å². The molecule has 98 valence electrons. The van der Waals surface area contributed by atoms with E-state index in [0.717, 1.165) is 10.0 Å². The van der Waals surface area contributed by atoms with Crippen LogP contribution in [0.2, 0.25) is 5.02 Å². The minimum atomic E-state index is -0.201. The predicted octanol–water partition coefficient (Wildman–Crippen LogP) is 4.25. The smallest absolute Gasteiger partial charge is 0.256 e. The summed E-state index contributed by atoms with van der Waals surface area (Å²) in [6.45, 7) is 1.88. The molecule has 0 aromatic heterocycles. The molecule has 3 N–H and O–H groups in total. The second kappa shape index (κ2) is 5.63.